The maximum atomic E-state index is 10.6. The smallest absolute Gasteiger partial charge is 0.302 e. The van der Waals surface area contributed by atoms with Gasteiger partial charge in [0.25, 0.3) is 0 Å². The second-order valence-corrected chi connectivity index (χ2v) is 3.84. The monoisotopic (exact) mass is 166 g/mol. The van der Waals surface area contributed by atoms with E-state index in [1.165, 1.54) is 19.8 Å². The molecule has 0 saturated heterocycles. The molecule has 0 aromatic carbocycles. The number of fused-ring (bicyclic) bond motifs is 2. The average Bonchev–Trinajstić information content (AvgIpc) is 2.60. The van der Waals surface area contributed by atoms with Gasteiger partial charge in [-0.05, 0) is 30.6 Å². The molecule has 3 atom stereocenters. The SMILES string of the molecule is CC(=O)OC[C@H]1C[C@H]2C=C[C@@H]1C2. The van der Waals surface area contributed by atoms with E-state index in [2.05, 4.69) is 12.2 Å². The molecule has 0 spiro atoms. The zero-order valence-corrected chi connectivity index (χ0v) is 7.32. The van der Waals surface area contributed by atoms with Gasteiger partial charge in [0.05, 0.1) is 6.61 Å². The molecule has 2 aliphatic carbocycles. The van der Waals surface area contributed by atoms with Crippen LogP contribution in [0.4, 0.5) is 0 Å². The van der Waals surface area contributed by atoms with Crippen molar-refractivity contribution in [3.63, 3.8) is 0 Å². The predicted octanol–water partition coefficient (Wildman–Crippen LogP) is 1.76. The predicted molar refractivity (Wildman–Crippen MR) is 45.5 cm³/mol. The molecule has 0 amide bonds. The summed E-state index contributed by atoms with van der Waals surface area (Å²) in [6.07, 6.45) is 7.08. The number of hydrogen-bond donors (Lipinski definition) is 0. The Morgan fingerprint density at radius 1 is 1.50 bits per heavy atom. The van der Waals surface area contributed by atoms with Gasteiger partial charge in [-0.3, -0.25) is 4.79 Å². The lowest BCUT2D eigenvalue weighted by Gasteiger charge is -2.16. The van der Waals surface area contributed by atoms with Gasteiger partial charge in [-0.2, -0.15) is 0 Å². The Bertz CT molecular complexity index is 220. The van der Waals surface area contributed by atoms with Crippen LogP contribution in [-0.4, -0.2) is 12.6 Å². The van der Waals surface area contributed by atoms with E-state index < -0.39 is 0 Å². The summed E-state index contributed by atoms with van der Waals surface area (Å²) < 4.78 is 5.01. The van der Waals surface area contributed by atoms with E-state index in [1.54, 1.807) is 0 Å². The number of allylic oxidation sites excluding steroid dienone is 2. The molecular weight excluding hydrogens is 152 g/mol. The van der Waals surface area contributed by atoms with Crippen LogP contribution < -0.4 is 0 Å². The highest BCUT2D eigenvalue weighted by Crippen LogP contribution is 2.43. The van der Waals surface area contributed by atoms with Crippen LogP contribution in [0.2, 0.25) is 0 Å². The number of carbonyl (C=O) groups is 1. The van der Waals surface area contributed by atoms with Crippen LogP contribution in [0.25, 0.3) is 0 Å². The molecule has 2 aliphatic rings. The van der Waals surface area contributed by atoms with E-state index in [4.69, 9.17) is 4.74 Å². The second-order valence-electron chi connectivity index (χ2n) is 3.84. The van der Waals surface area contributed by atoms with E-state index in [1.807, 2.05) is 0 Å². The van der Waals surface area contributed by atoms with Crippen LogP contribution in [0.5, 0.6) is 0 Å². The van der Waals surface area contributed by atoms with Crippen molar-refractivity contribution in [2.45, 2.75) is 19.8 Å². The molecule has 2 nitrogen and oxygen atoms in total. The summed E-state index contributed by atoms with van der Waals surface area (Å²) >= 11 is 0. The first-order valence-electron chi connectivity index (χ1n) is 4.57. The van der Waals surface area contributed by atoms with Crippen LogP contribution in [0, 0.1) is 17.8 Å². The van der Waals surface area contributed by atoms with Crippen LogP contribution >= 0.6 is 0 Å². The highest BCUT2D eigenvalue weighted by Gasteiger charge is 2.35. The van der Waals surface area contributed by atoms with Crippen molar-refractivity contribution in [2.24, 2.45) is 17.8 Å². The second kappa shape index (κ2) is 2.92. The molecule has 1 saturated carbocycles. The number of rotatable bonds is 2. The van der Waals surface area contributed by atoms with Crippen LogP contribution in [-0.2, 0) is 9.53 Å². The molecule has 0 aromatic rings. The number of carbonyl (C=O) groups excluding carboxylic acids is 1. The molecule has 2 bridgehead atoms. The summed E-state index contributed by atoms with van der Waals surface area (Å²) in [4.78, 5) is 10.6. The Morgan fingerprint density at radius 3 is 2.83 bits per heavy atom. The molecular formula is C10H14O2. The van der Waals surface area contributed by atoms with Gasteiger partial charge in [0, 0.05) is 6.92 Å². The summed E-state index contributed by atoms with van der Waals surface area (Å²) in [5, 5.41) is 0. The summed E-state index contributed by atoms with van der Waals surface area (Å²) in [7, 11) is 0. The van der Waals surface area contributed by atoms with Gasteiger partial charge in [-0.25, -0.2) is 0 Å². The number of ether oxygens (including phenoxy) is 1. The maximum absolute atomic E-state index is 10.6. The summed E-state index contributed by atoms with van der Waals surface area (Å²) in [6, 6.07) is 0. The minimum absolute atomic E-state index is 0.151. The first-order valence-corrected chi connectivity index (χ1v) is 4.57. The van der Waals surface area contributed by atoms with Crippen molar-refractivity contribution in [2.75, 3.05) is 6.61 Å². The van der Waals surface area contributed by atoms with E-state index in [0.29, 0.717) is 18.4 Å². The Kier molecular flexibility index (Phi) is 1.91. The summed E-state index contributed by atoms with van der Waals surface area (Å²) in [5.41, 5.74) is 0. The lowest BCUT2D eigenvalue weighted by molar-refractivity contribution is -0.142. The first-order chi connectivity index (χ1) is 5.75. The van der Waals surface area contributed by atoms with E-state index in [0.717, 1.165) is 5.92 Å². The van der Waals surface area contributed by atoms with E-state index >= 15 is 0 Å². The normalized spacial score (nSPS) is 37.2. The maximum Gasteiger partial charge on any atom is 0.302 e. The summed E-state index contributed by atoms with van der Waals surface area (Å²) in [5.74, 6) is 1.91. The zero-order valence-electron chi connectivity index (χ0n) is 7.32. The van der Waals surface area contributed by atoms with Crippen LogP contribution in [0.1, 0.15) is 19.8 Å². The lowest BCUT2D eigenvalue weighted by atomic mass is 9.95. The Balaban J connectivity index is 1.83. The molecule has 0 radical (unpaired) electrons. The van der Waals surface area contributed by atoms with Gasteiger partial charge in [0.15, 0.2) is 0 Å². The first kappa shape index (κ1) is 7.84. The molecule has 0 aromatic heterocycles. The largest absolute Gasteiger partial charge is 0.466 e. The molecule has 0 aliphatic heterocycles. The topological polar surface area (TPSA) is 26.3 Å². The quantitative estimate of drug-likeness (QED) is 0.461. The number of esters is 1. The highest BCUT2D eigenvalue weighted by molar-refractivity contribution is 5.65. The van der Waals surface area contributed by atoms with Crippen molar-refractivity contribution < 1.29 is 9.53 Å². The van der Waals surface area contributed by atoms with Crippen molar-refractivity contribution >= 4 is 5.97 Å². The fourth-order valence-electron chi connectivity index (χ4n) is 2.31. The van der Waals surface area contributed by atoms with Gasteiger partial charge in [-0.1, -0.05) is 12.2 Å². The molecule has 0 heterocycles. The van der Waals surface area contributed by atoms with Gasteiger partial charge >= 0.3 is 5.97 Å². The fourth-order valence-corrected chi connectivity index (χ4v) is 2.31. The Hall–Kier alpha value is -0.790. The standard InChI is InChI=1S/C10H14O2/c1-7(11)12-6-10-5-8-2-3-9(10)4-8/h2-3,8-10H,4-6H2,1H3/t8-,9+,10+/m0/s1. The van der Waals surface area contributed by atoms with Crippen molar-refractivity contribution in [3.05, 3.63) is 12.2 Å². The summed E-state index contributed by atoms with van der Waals surface area (Å²) in [6.45, 7) is 2.10. The average molecular weight is 166 g/mol. The van der Waals surface area contributed by atoms with Gasteiger partial charge < -0.3 is 4.74 Å². The molecule has 12 heavy (non-hydrogen) atoms. The minimum Gasteiger partial charge on any atom is -0.466 e. The van der Waals surface area contributed by atoms with Crippen LogP contribution in [0.3, 0.4) is 0 Å². The number of hydrogen-bond acceptors (Lipinski definition) is 2. The van der Waals surface area contributed by atoms with Gasteiger partial charge in [0.1, 0.15) is 0 Å². The molecule has 1 fully saturated rings. The fraction of sp³-hybridized carbons (Fsp3) is 0.700. The Labute approximate surface area is 72.6 Å². The van der Waals surface area contributed by atoms with E-state index in [9.17, 15) is 4.79 Å². The Morgan fingerprint density at radius 2 is 2.33 bits per heavy atom. The van der Waals surface area contributed by atoms with Gasteiger partial charge in [-0.15, -0.1) is 0 Å². The van der Waals surface area contributed by atoms with Gasteiger partial charge in [0.2, 0.25) is 0 Å². The van der Waals surface area contributed by atoms with Crippen LogP contribution in [0.15, 0.2) is 12.2 Å². The third-order valence-electron chi connectivity index (χ3n) is 2.92. The van der Waals surface area contributed by atoms with E-state index in [-0.39, 0.29) is 5.97 Å². The highest BCUT2D eigenvalue weighted by atomic mass is 16.5. The van der Waals surface area contributed by atoms with Crippen molar-refractivity contribution in [1.82, 2.24) is 0 Å². The van der Waals surface area contributed by atoms with Crippen molar-refractivity contribution in [3.8, 4) is 0 Å². The molecule has 2 heteroatoms. The molecule has 0 N–H and O–H groups in total. The third kappa shape index (κ3) is 1.38. The zero-order chi connectivity index (χ0) is 8.55. The molecule has 2 rings (SSSR count). The minimum atomic E-state index is -0.151. The van der Waals surface area contributed by atoms with Crippen molar-refractivity contribution in [1.29, 1.82) is 0 Å². The molecule has 66 valence electrons. The lowest BCUT2D eigenvalue weighted by Crippen LogP contribution is -2.16. The molecule has 0 unspecified atom stereocenters. The third-order valence-corrected chi connectivity index (χ3v) is 2.92.